The fourth-order valence-electron chi connectivity index (χ4n) is 2.24. The van der Waals surface area contributed by atoms with Crippen molar-refractivity contribution in [1.82, 2.24) is 9.71 Å². The van der Waals surface area contributed by atoms with Crippen LogP contribution in [0.15, 0.2) is 59.6 Å². The zero-order valence-corrected chi connectivity index (χ0v) is 14.3. The highest BCUT2D eigenvalue weighted by Crippen LogP contribution is 2.22. The van der Waals surface area contributed by atoms with Crippen LogP contribution in [-0.4, -0.2) is 13.4 Å². The van der Waals surface area contributed by atoms with Crippen LogP contribution >= 0.6 is 11.3 Å². The van der Waals surface area contributed by atoms with Gasteiger partial charge in [0.15, 0.2) is 0 Å². The Bertz CT molecular complexity index is 925. The van der Waals surface area contributed by atoms with Crippen molar-refractivity contribution in [2.45, 2.75) is 12.3 Å². The van der Waals surface area contributed by atoms with Crippen molar-refractivity contribution in [2.24, 2.45) is 0 Å². The van der Waals surface area contributed by atoms with Gasteiger partial charge in [0.05, 0.1) is 5.75 Å². The van der Waals surface area contributed by atoms with E-state index in [0.29, 0.717) is 0 Å². The number of sulfonamides is 1. The molecule has 1 N–H and O–H groups in total. The lowest BCUT2D eigenvalue weighted by Gasteiger charge is -2.08. The van der Waals surface area contributed by atoms with E-state index in [-0.39, 0.29) is 12.1 Å². The molecule has 2 heterocycles. The highest BCUT2D eigenvalue weighted by molar-refractivity contribution is 7.88. The van der Waals surface area contributed by atoms with Gasteiger partial charge in [0.25, 0.3) is 0 Å². The van der Waals surface area contributed by atoms with Crippen molar-refractivity contribution in [3.63, 3.8) is 0 Å². The molecule has 3 aromatic rings. The summed E-state index contributed by atoms with van der Waals surface area (Å²) in [7, 11) is -3.64. The van der Waals surface area contributed by atoms with E-state index >= 15 is 0 Å². The Morgan fingerprint density at radius 1 is 1.12 bits per heavy atom. The van der Waals surface area contributed by atoms with Crippen LogP contribution in [0.5, 0.6) is 0 Å². The van der Waals surface area contributed by atoms with E-state index in [9.17, 15) is 12.8 Å². The normalized spacial score (nSPS) is 11.5. The van der Waals surface area contributed by atoms with Crippen LogP contribution in [0.4, 0.5) is 4.39 Å². The third-order valence-electron chi connectivity index (χ3n) is 3.45. The first-order valence-corrected chi connectivity index (χ1v) is 9.80. The third kappa shape index (κ3) is 4.25. The Kier molecular flexibility index (Phi) is 5.03. The highest BCUT2D eigenvalue weighted by Gasteiger charge is 2.14. The highest BCUT2D eigenvalue weighted by atomic mass is 32.2. The second-order valence-corrected chi connectivity index (χ2v) is 7.85. The van der Waals surface area contributed by atoms with Crippen LogP contribution in [0.1, 0.15) is 11.1 Å². The van der Waals surface area contributed by atoms with Gasteiger partial charge < -0.3 is 0 Å². The summed E-state index contributed by atoms with van der Waals surface area (Å²) in [5.41, 5.74) is 2.87. The number of hydrogen-bond donors (Lipinski definition) is 1. The molecule has 0 saturated carbocycles. The van der Waals surface area contributed by atoms with Gasteiger partial charge in [-0.1, -0.05) is 18.2 Å². The average Bonchev–Trinajstić information content (AvgIpc) is 3.10. The Balaban J connectivity index is 1.69. The van der Waals surface area contributed by atoms with Crippen LogP contribution in [0, 0.1) is 5.82 Å². The zero-order valence-electron chi connectivity index (χ0n) is 12.6. The molecule has 0 saturated heterocycles. The van der Waals surface area contributed by atoms with Gasteiger partial charge in [-0.15, -0.1) is 0 Å². The maximum Gasteiger partial charge on any atom is 0.216 e. The molecule has 0 radical (unpaired) electrons. The quantitative estimate of drug-likeness (QED) is 0.729. The molecule has 2 aromatic heterocycles. The van der Waals surface area contributed by atoms with Crippen molar-refractivity contribution in [1.29, 1.82) is 0 Å². The van der Waals surface area contributed by atoms with Crippen molar-refractivity contribution < 1.29 is 12.8 Å². The Morgan fingerprint density at radius 3 is 2.71 bits per heavy atom. The summed E-state index contributed by atoms with van der Waals surface area (Å²) >= 11 is 1.59. The molecule has 3 rings (SSSR count). The maximum absolute atomic E-state index is 13.6. The molecule has 124 valence electrons. The molecule has 0 spiro atoms. The summed E-state index contributed by atoms with van der Waals surface area (Å²) in [6.45, 7) is 0.113. The third-order valence-corrected chi connectivity index (χ3v) is 5.41. The van der Waals surface area contributed by atoms with Gasteiger partial charge in [-0.05, 0) is 40.1 Å². The van der Waals surface area contributed by atoms with Gasteiger partial charge in [-0.2, -0.15) is 11.3 Å². The number of halogens is 1. The van der Waals surface area contributed by atoms with E-state index in [1.165, 1.54) is 18.2 Å². The topological polar surface area (TPSA) is 59.1 Å². The van der Waals surface area contributed by atoms with Gasteiger partial charge in [-0.25, -0.2) is 17.5 Å². The van der Waals surface area contributed by atoms with Crippen LogP contribution in [-0.2, 0) is 22.3 Å². The summed E-state index contributed by atoms with van der Waals surface area (Å²) in [5.74, 6) is -0.916. The number of benzene rings is 1. The summed E-state index contributed by atoms with van der Waals surface area (Å²) in [6.07, 6.45) is 3.35. The van der Waals surface area contributed by atoms with E-state index in [1.54, 1.807) is 29.8 Å². The first-order valence-electron chi connectivity index (χ1n) is 7.21. The first kappa shape index (κ1) is 16.8. The molecule has 0 unspecified atom stereocenters. The Labute approximate surface area is 144 Å². The van der Waals surface area contributed by atoms with E-state index in [1.807, 2.05) is 22.9 Å². The van der Waals surface area contributed by atoms with Crippen LogP contribution < -0.4 is 4.72 Å². The number of nitrogens with zero attached hydrogens (tertiary/aromatic N) is 1. The van der Waals surface area contributed by atoms with Crippen molar-refractivity contribution >= 4 is 21.4 Å². The van der Waals surface area contributed by atoms with Crippen molar-refractivity contribution in [2.75, 3.05) is 0 Å². The number of nitrogens with one attached hydrogen (secondary N) is 1. The predicted molar refractivity (Wildman–Crippen MR) is 93.4 cm³/mol. The molecular formula is C17H15FN2O2S2. The Hall–Kier alpha value is -2.09. The molecule has 0 amide bonds. The number of hydrogen-bond acceptors (Lipinski definition) is 4. The number of aromatic nitrogens is 1. The summed E-state index contributed by atoms with van der Waals surface area (Å²) in [6, 6.07) is 9.73. The molecular weight excluding hydrogens is 347 g/mol. The molecule has 7 heteroatoms. The smallest absolute Gasteiger partial charge is 0.216 e. The van der Waals surface area contributed by atoms with E-state index in [2.05, 4.69) is 9.71 Å². The van der Waals surface area contributed by atoms with Gasteiger partial charge in [0.2, 0.25) is 10.0 Å². The summed E-state index contributed by atoms with van der Waals surface area (Å²) < 4.78 is 40.4. The second-order valence-electron chi connectivity index (χ2n) is 5.27. The standard InChI is InChI=1S/C17H15FN2O2S2/c18-17-4-2-1-3-15(17)12-24(21,22)20-9-13-7-16(10-19-8-13)14-5-6-23-11-14/h1-8,10-11,20H,9,12H2. The Morgan fingerprint density at radius 2 is 1.96 bits per heavy atom. The average molecular weight is 362 g/mol. The number of pyridine rings is 1. The minimum atomic E-state index is -3.64. The molecule has 0 aliphatic carbocycles. The maximum atomic E-state index is 13.6. The van der Waals surface area contributed by atoms with Gasteiger partial charge >= 0.3 is 0 Å². The molecule has 0 atom stereocenters. The second kappa shape index (κ2) is 7.21. The number of thiophene rings is 1. The van der Waals surface area contributed by atoms with Gasteiger partial charge in [0.1, 0.15) is 5.82 Å². The van der Waals surface area contributed by atoms with Crippen molar-refractivity contribution in [3.8, 4) is 11.1 Å². The summed E-state index contributed by atoms with van der Waals surface area (Å²) in [4.78, 5) is 4.15. The van der Waals surface area contributed by atoms with Gasteiger partial charge in [-0.3, -0.25) is 4.98 Å². The molecule has 0 aliphatic heterocycles. The van der Waals surface area contributed by atoms with E-state index in [4.69, 9.17) is 0 Å². The largest absolute Gasteiger partial charge is 0.264 e. The van der Waals surface area contributed by atoms with Crippen LogP contribution in [0.2, 0.25) is 0 Å². The van der Waals surface area contributed by atoms with E-state index in [0.717, 1.165) is 16.7 Å². The molecule has 24 heavy (non-hydrogen) atoms. The van der Waals surface area contributed by atoms with Crippen molar-refractivity contribution in [3.05, 3.63) is 76.5 Å². The lowest BCUT2D eigenvalue weighted by Crippen LogP contribution is -2.25. The SMILES string of the molecule is O=S(=O)(Cc1ccccc1F)NCc1cncc(-c2ccsc2)c1. The fourth-order valence-corrected chi connectivity index (χ4v) is 4.03. The monoisotopic (exact) mass is 362 g/mol. The number of rotatable bonds is 6. The van der Waals surface area contributed by atoms with Crippen LogP contribution in [0.25, 0.3) is 11.1 Å². The molecule has 1 aromatic carbocycles. The van der Waals surface area contributed by atoms with Crippen LogP contribution in [0.3, 0.4) is 0 Å². The fraction of sp³-hybridized carbons (Fsp3) is 0.118. The zero-order chi connectivity index (χ0) is 17.0. The lowest BCUT2D eigenvalue weighted by molar-refractivity contribution is 0.574. The minimum Gasteiger partial charge on any atom is -0.264 e. The van der Waals surface area contributed by atoms with Gasteiger partial charge in [0, 0.05) is 30.1 Å². The summed E-state index contributed by atoms with van der Waals surface area (Å²) in [5, 5.41) is 3.97. The van der Waals surface area contributed by atoms with E-state index < -0.39 is 21.6 Å². The molecule has 0 fully saturated rings. The molecule has 4 nitrogen and oxygen atoms in total. The molecule has 0 aliphatic rings. The minimum absolute atomic E-state index is 0.113. The predicted octanol–water partition coefficient (Wildman–Crippen LogP) is 3.57. The first-order chi connectivity index (χ1) is 11.5. The lowest BCUT2D eigenvalue weighted by atomic mass is 10.1. The molecule has 0 bridgehead atoms.